The van der Waals surface area contributed by atoms with Crippen LogP contribution in [0, 0.1) is 0 Å². The summed E-state index contributed by atoms with van der Waals surface area (Å²) in [6.07, 6.45) is -5.60. The van der Waals surface area contributed by atoms with Crippen LogP contribution in [0.1, 0.15) is 31.9 Å². The molecule has 0 saturated carbocycles. The van der Waals surface area contributed by atoms with Crippen LogP contribution >= 0.6 is 11.6 Å². The Bertz CT molecular complexity index is 1050. The van der Waals surface area contributed by atoms with Crippen molar-refractivity contribution in [1.82, 2.24) is 29.5 Å². The van der Waals surface area contributed by atoms with Crippen molar-refractivity contribution in [3.8, 4) is 11.4 Å². The monoisotopic (exact) mass is 430 g/mol. The summed E-state index contributed by atoms with van der Waals surface area (Å²) in [5.41, 5.74) is -1.57. The minimum absolute atomic E-state index is 0.0816. The normalized spacial score (nSPS) is 12.5. The molecule has 0 saturated heterocycles. The average molecular weight is 431 g/mol. The standard InChI is InChI=1S/C17H18ClF3N6O2/c1-16(2,29)14-22-12(23-24-14)9-27-15(28)26(8-7-17(19,20)21)13(25-27)10-3-5-11(18)6-4-10/h3-6,29H,7-9H2,1-2H3,(H,22,23,24). The molecule has 0 spiro atoms. The maximum absolute atomic E-state index is 12.7. The Morgan fingerprint density at radius 2 is 1.86 bits per heavy atom. The number of rotatable bonds is 6. The first kappa shape index (κ1) is 21.1. The number of aliphatic hydroxyl groups is 1. The number of halogens is 4. The van der Waals surface area contributed by atoms with Gasteiger partial charge in [0, 0.05) is 17.1 Å². The molecule has 0 aliphatic heterocycles. The molecule has 1 aromatic carbocycles. The molecule has 3 rings (SSSR count). The summed E-state index contributed by atoms with van der Waals surface area (Å²) in [5, 5.41) is 21.0. The van der Waals surface area contributed by atoms with Crippen molar-refractivity contribution in [3.63, 3.8) is 0 Å². The Morgan fingerprint density at radius 3 is 2.41 bits per heavy atom. The van der Waals surface area contributed by atoms with Gasteiger partial charge in [-0.25, -0.2) is 14.5 Å². The van der Waals surface area contributed by atoms with E-state index in [4.69, 9.17) is 11.6 Å². The molecule has 0 aliphatic rings. The third kappa shape index (κ3) is 5.04. The molecule has 2 N–H and O–H groups in total. The van der Waals surface area contributed by atoms with Crippen LogP contribution in [-0.4, -0.2) is 40.8 Å². The van der Waals surface area contributed by atoms with Crippen molar-refractivity contribution >= 4 is 11.6 Å². The van der Waals surface area contributed by atoms with E-state index in [1.165, 1.54) is 13.8 Å². The fraction of sp³-hybridized carbons (Fsp3) is 0.412. The third-order valence-electron chi connectivity index (χ3n) is 4.02. The zero-order valence-corrected chi connectivity index (χ0v) is 16.3. The van der Waals surface area contributed by atoms with Crippen molar-refractivity contribution in [2.75, 3.05) is 0 Å². The van der Waals surface area contributed by atoms with Crippen LogP contribution in [0.25, 0.3) is 11.4 Å². The predicted octanol–water partition coefficient (Wildman–Crippen LogP) is 2.71. The minimum atomic E-state index is -4.43. The maximum atomic E-state index is 12.7. The topological polar surface area (TPSA) is 102 Å². The van der Waals surface area contributed by atoms with Crippen molar-refractivity contribution in [2.24, 2.45) is 0 Å². The van der Waals surface area contributed by atoms with Crippen molar-refractivity contribution in [3.05, 3.63) is 51.4 Å². The van der Waals surface area contributed by atoms with Gasteiger partial charge in [0.05, 0.1) is 6.42 Å². The highest BCUT2D eigenvalue weighted by atomic mass is 35.5. The zero-order valence-electron chi connectivity index (χ0n) is 15.5. The molecule has 156 valence electrons. The molecule has 0 unspecified atom stereocenters. The van der Waals surface area contributed by atoms with Crippen LogP contribution in [0.15, 0.2) is 29.1 Å². The first-order chi connectivity index (χ1) is 13.4. The second-order valence-corrected chi connectivity index (χ2v) is 7.39. The Balaban J connectivity index is 1.98. The quantitative estimate of drug-likeness (QED) is 0.626. The van der Waals surface area contributed by atoms with Crippen LogP contribution in [0.4, 0.5) is 13.2 Å². The van der Waals surface area contributed by atoms with E-state index < -0.39 is 30.4 Å². The molecule has 0 amide bonds. The lowest BCUT2D eigenvalue weighted by Gasteiger charge is -2.10. The van der Waals surface area contributed by atoms with Gasteiger partial charge in [-0.05, 0) is 38.1 Å². The van der Waals surface area contributed by atoms with Gasteiger partial charge < -0.3 is 5.11 Å². The molecule has 0 atom stereocenters. The lowest BCUT2D eigenvalue weighted by molar-refractivity contribution is -0.136. The van der Waals surface area contributed by atoms with Gasteiger partial charge in [0.25, 0.3) is 0 Å². The maximum Gasteiger partial charge on any atom is 0.390 e. The number of benzene rings is 1. The van der Waals surface area contributed by atoms with E-state index >= 15 is 0 Å². The average Bonchev–Trinajstić information content (AvgIpc) is 3.19. The highest BCUT2D eigenvalue weighted by Crippen LogP contribution is 2.23. The van der Waals surface area contributed by atoms with Gasteiger partial charge >= 0.3 is 11.9 Å². The number of aromatic nitrogens is 6. The molecule has 29 heavy (non-hydrogen) atoms. The fourth-order valence-corrected chi connectivity index (χ4v) is 2.70. The molecule has 0 aliphatic carbocycles. The van der Waals surface area contributed by atoms with Gasteiger partial charge in [-0.15, -0.1) is 5.10 Å². The number of H-pyrrole nitrogens is 1. The summed E-state index contributed by atoms with van der Waals surface area (Å²) in [4.78, 5) is 16.8. The van der Waals surface area contributed by atoms with E-state index in [2.05, 4.69) is 20.3 Å². The summed E-state index contributed by atoms with van der Waals surface area (Å²) in [5.74, 6) is 0.431. The second kappa shape index (κ2) is 7.64. The highest BCUT2D eigenvalue weighted by Gasteiger charge is 2.29. The second-order valence-electron chi connectivity index (χ2n) is 6.95. The number of nitrogens with one attached hydrogen (secondary N) is 1. The number of hydrogen-bond donors (Lipinski definition) is 2. The van der Waals surface area contributed by atoms with Gasteiger partial charge in [-0.2, -0.15) is 18.3 Å². The van der Waals surface area contributed by atoms with Gasteiger partial charge in [-0.3, -0.25) is 9.67 Å². The van der Waals surface area contributed by atoms with E-state index in [0.29, 0.717) is 10.6 Å². The minimum Gasteiger partial charge on any atom is -0.382 e. The molecule has 12 heteroatoms. The summed E-state index contributed by atoms with van der Waals surface area (Å²) >= 11 is 5.86. The Kier molecular flexibility index (Phi) is 5.54. The first-order valence-corrected chi connectivity index (χ1v) is 8.96. The molecule has 3 aromatic rings. The van der Waals surface area contributed by atoms with Crippen LogP contribution in [0.5, 0.6) is 0 Å². The van der Waals surface area contributed by atoms with Gasteiger partial charge in [0.1, 0.15) is 18.0 Å². The van der Waals surface area contributed by atoms with Crippen LogP contribution in [-0.2, 0) is 18.7 Å². The number of hydrogen-bond acceptors (Lipinski definition) is 5. The Labute approximate surface area is 168 Å². The van der Waals surface area contributed by atoms with Crippen molar-refractivity contribution in [2.45, 2.75) is 45.1 Å². The van der Waals surface area contributed by atoms with Gasteiger partial charge in [-0.1, -0.05) is 11.6 Å². The van der Waals surface area contributed by atoms with E-state index in [9.17, 15) is 23.1 Å². The van der Waals surface area contributed by atoms with E-state index in [1.54, 1.807) is 24.3 Å². The van der Waals surface area contributed by atoms with E-state index in [1.807, 2.05) is 0 Å². The molecule has 0 bridgehead atoms. The molecule has 0 fully saturated rings. The summed E-state index contributed by atoms with van der Waals surface area (Å²) in [6, 6.07) is 6.25. The zero-order chi connectivity index (χ0) is 21.4. The molecule has 8 nitrogen and oxygen atoms in total. The molecule has 2 aromatic heterocycles. The van der Waals surface area contributed by atoms with Crippen LogP contribution < -0.4 is 5.69 Å². The van der Waals surface area contributed by atoms with Gasteiger partial charge in [0.2, 0.25) is 0 Å². The molecular formula is C17H18ClF3N6O2. The molecule has 0 radical (unpaired) electrons. The summed E-state index contributed by atoms with van der Waals surface area (Å²) in [7, 11) is 0. The first-order valence-electron chi connectivity index (χ1n) is 8.58. The number of aromatic amines is 1. The Morgan fingerprint density at radius 1 is 1.21 bits per heavy atom. The fourth-order valence-electron chi connectivity index (χ4n) is 2.58. The lowest BCUT2D eigenvalue weighted by Crippen LogP contribution is -2.27. The smallest absolute Gasteiger partial charge is 0.382 e. The highest BCUT2D eigenvalue weighted by molar-refractivity contribution is 6.30. The van der Waals surface area contributed by atoms with E-state index in [-0.39, 0.29) is 24.0 Å². The Hall–Kier alpha value is -2.66. The largest absolute Gasteiger partial charge is 0.390 e. The van der Waals surface area contributed by atoms with Gasteiger partial charge in [0.15, 0.2) is 11.6 Å². The van der Waals surface area contributed by atoms with Crippen molar-refractivity contribution < 1.29 is 18.3 Å². The molecule has 2 heterocycles. The van der Waals surface area contributed by atoms with Crippen molar-refractivity contribution in [1.29, 1.82) is 0 Å². The summed E-state index contributed by atoms with van der Waals surface area (Å²) < 4.78 is 40.1. The predicted molar refractivity (Wildman–Crippen MR) is 98.3 cm³/mol. The molecular weight excluding hydrogens is 413 g/mol. The lowest BCUT2D eigenvalue weighted by atomic mass is 10.1. The number of alkyl halides is 3. The van der Waals surface area contributed by atoms with Crippen LogP contribution in [0.3, 0.4) is 0 Å². The summed E-state index contributed by atoms with van der Waals surface area (Å²) in [6.45, 7) is 2.26. The van der Waals surface area contributed by atoms with E-state index in [0.717, 1.165) is 9.25 Å². The third-order valence-corrected chi connectivity index (χ3v) is 4.27. The SMILES string of the molecule is CC(C)(O)c1n[nH]c(Cn2nc(-c3ccc(Cl)cc3)n(CCC(F)(F)F)c2=O)n1. The van der Waals surface area contributed by atoms with Crippen LogP contribution in [0.2, 0.25) is 5.02 Å². The number of nitrogens with zero attached hydrogens (tertiary/aromatic N) is 5.